The Labute approximate surface area is 208 Å². The second-order valence-electron chi connectivity index (χ2n) is 6.95. The van der Waals surface area contributed by atoms with Crippen molar-refractivity contribution >= 4 is 55.3 Å². The normalized spacial score (nSPS) is 10.2. The Bertz CT molecular complexity index is 1200. The van der Waals surface area contributed by atoms with Crippen molar-refractivity contribution in [1.82, 2.24) is 19.6 Å². The predicted molar refractivity (Wildman–Crippen MR) is 135 cm³/mol. The third kappa shape index (κ3) is 5.96. The second kappa shape index (κ2) is 11.1. The molecule has 1 N–H and O–H groups in total. The monoisotopic (exact) mass is 572 g/mol. The molecule has 2 aromatic heterocycles. The molecule has 0 saturated carbocycles. The van der Waals surface area contributed by atoms with Gasteiger partial charge in [-0.2, -0.15) is 10.2 Å². The van der Waals surface area contributed by atoms with E-state index in [0.29, 0.717) is 16.9 Å². The Morgan fingerprint density at radius 3 is 1.82 bits per heavy atom. The van der Waals surface area contributed by atoms with Crippen molar-refractivity contribution in [2.75, 3.05) is 17.3 Å². The fraction of sp³-hybridized carbons (Fsp3) is 0.130. The van der Waals surface area contributed by atoms with Gasteiger partial charge in [0.1, 0.15) is 11.6 Å². The molecule has 33 heavy (non-hydrogen) atoms. The number of rotatable bonds is 4. The number of carbonyl (C=O) groups excluding carboxylic acids is 2. The standard InChI is InChI=1S/C12H12BrN3O.C11H10BrN3O/c1-15(11-10(13)8-14-16(11)2)12(17)9-6-4-3-5-7-9;1-15-10(9(12)7-13-15)14-11(16)8-5-3-2-4-6-8/h3-8H,1-2H3;2-7H,1H3,(H,14,16). The molecule has 0 atom stereocenters. The first-order valence-electron chi connectivity index (χ1n) is 9.84. The van der Waals surface area contributed by atoms with E-state index >= 15 is 0 Å². The van der Waals surface area contributed by atoms with Crippen LogP contribution >= 0.6 is 31.9 Å². The molecule has 0 aliphatic carbocycles. The molecule has 0 unspecified atom stereocenters. The number of amides is 2. The quantitative estimate of drug-likeness (QED) is 0.376. The van der Waals surface area contributed by atoms with Crippen LogP contribution in [0, 0.1) is 0 Å². The van der Waals surface area contributed by atoms with Crippen molar-refractivity contribution in [3.63, 3.8) is 0 Å². The minimum atomic E-state index is -0.148. The van der Waals surface area contributed by atoms with Gasteiger partial charge in [0, 0.05) is 32.3 Å². The fourth-order valence-corrected chi connectivity index (χ4v) is 4.03. The zero-order valence-electron chi connectivity index (χ0n) is 18.2. The molecule has 2 amide bonds. The molecule has 0 fully saturated rings. The number of aryl methyl sites for hydroxylation is 2. The summed E-state index contributed by atoms with van der Waals surface area (Å²) in [6.45, 7) is 0. The maximum Gasteiger partial charge on any atom is 0.259 e. The van der Waals surface area contributed by atoms with E-state index in [1.165, 1.54) is 0 Å². The SMILES string of the molecule is CN(C(=O)c1ccccc1)c1c(Br)cnn1C.Cn1ncc(Br)c1NC(=O)c1ccccc1. The second-order valence-corrected chi connectivity index (χ2v) is 8.66. The zero-order valence-corrected chi connectivity index (χ0v) is 21.4. The maximum atomic E-state index is 12.2. The number of nitrogens with zero attached hydrogens (tertiary/aromatic N) is 5. The lowest BCUT2D eigenvalue weighted by Crippen LogP contribution is -2.28. The Balaban J connectivity index is 0.000000186. The third-order valence-corrected chi connectivity index (χ3v) is 5.81. The molecule has 0 spiro atoms. The summed E-state index contributed by atoms with van der Waals surface area (Å²) in [4.78, 5) is 25.6. The van der Waals surface area contributed by atoms with Gasteiger partial charge in [0.2, 0.25) is 0 Å². The highest BCUT2D eigenvalue weighted by Crippen LogP contribution is 2.25. The Morgan fingerprint density at radius 1 is 0.818 bits per heavy atom. The summed E-state index contributed by atoms with van der Waals surface area (Å²) in [6, 6.07) is 18.2. The first kappa shape index (κ1) is 24.4. The van der Waals surface area contributed by atoms with Gasteiger partial charge in [-0.3, -0.25) is 23.9 Å². The number of hydrogen-bond donors (Lipinski definition) is 1. The van der Waals surface area contributed by atoms with Crippen molar-refractivity contribution in [1.29, 1.82) is 0 Å². The van der Waals surface area contributed by atoms with Crippen LogP contribution < -0.4 is 10.2 Å². The van der Waals surface area contributed by atoms with Gasteiger partial charge in [0.25, 0.3) is 11.8 Å². The van der Waals surface area contributed by atoms with Crippen LogP contribution in [0.15, 0.2) is 82.0 Å². The summed E-state index contributed by atoms with van der Waals surface area (Å²) >= 11 is 6.70. The first-order chi connectivity index (χ1) is 15.8. The molecule has 4 rings (SSSR count). The molecule has 0 radical (unpaired) electrons. The van der Waals surface area contributed by atoms with Crippen LogP contribution in [-0.2, 0) is 14.1 Å². The number of halogens is 2. The van der Waals surface area contributed by atoms with E-state index in [9.17, 15) is 9.59 Å². The largest absolute Gasteiger partial charge is 0.306 e. The van der Waals surface area contributed by atoms with Gasteiger partial charge in [-0.05, 0) is 56.1 Å². The Morgan fingerprint density at radius 2 is 1.33 bits per heavy atom. The number of nitrogens with one attached hydrogen (secondary N) is 1. The molecule has 170 valence electrons. The smallest absolute Gasteiger partial charge is 0.259 e. The summed E-state index contributed by atoms with van der Waals surface area (Å²) in [5.41, 5.74) is 1.28. The molecular weight excluding hydrogens is 552 g/mol. The highest BCUT2D eigenvalue weighted by molar-refractivity contribution is 9.11. The summed E-state index contributed by atoms with van der Waals surface area (Å²) in [5, 5.41) is 10.9. The molecule has 0 aliphatic rings. The van der Waals surface area contributed by atoms with Crippen LogP contribution in [0.3, 0.4) is 0 Å². The van der Waals surface area contributed by atoms with Crippen LogP contribution in [0.5, 0.6) is 0 Å². The van der Waals surface area contributed by atoms with Crippen molar-refractivity contribution in [3.8, 4) is 0 Å². The van der Waals surface area contributed by atoms with Gasteiger partial charge in [-0.1, -0.05) is 36.4 Å². The average Bonchev–Trinajstić information content (AvgIpc) is 3.34. The lowest BCUT2D eigenvalue weighted by Gasteiger charge is -2.17. The average molecular weight is 574 g/mol. The molecule has 4 aromatic rings. The lowest BCUT2D eigenvalue weighted by atomic mass is 10.2. The zero-order chi connectivity index (χ0) is 24.0. The molecule has 0 aliphatic heterocycles. The fourth-order valence-electron chi connectivity index (χ4n) is 2.97. The van der Waals surface area contributed by atoms with Crippen LogP contribution in [0.4, 0.5) is 11.6 Å². The molecule has 8 nitrogen and oxygen atoms in total. The van der Waals surface area contributed by atoms with E-state index < -0.39 is 0 Å². The van der Waals surface area contributed by atoms with E-state index in [4.69, 9.17) is 0 Å². The molecule has 0 bridgehead atoms. The van der Waals surface area contributed by atoms with Gasteiger partial charge < -0.3 is 5.32 Å². The summed E-state index contributed by atoms with van der Waals surface area (Å²) in [6.07, 6.45) is 3.31. The highest BCUT2D eigenvalue weighted by Gasteiger charge is 2.18. The molecule has 10 heteroatoms. The van der Waals surface area contributed by atoms with Gasteiger partial charge in [-0.25, -0.2) is 0 Å². The minimum Gasteiger partial charge on any atom is -0.306 e. The van der Waals surface area contributed by atoms with E-state index in [-0.39, 0.29) is 11.8 Å². The van der Waals surface area contributed by atoms with E-state index in [1.807, 2.05) is 36.4 Å². The first-order valence-corrected chi connectivity index (χ1v) is 11.4. The topological polar surface area (TPSA) is 85.1 Å². The number of anilines is 2. The summed E-state index contributed by atoms with van der Waals surface area (Å²) < 4.78 is 4.82. The van der Waals surface area contributed by atoms with E-state index in [1.54, 1.807) is 72.1 Å². The summed E-state index contributed by atoms with van der Waals surface area (Å²) in [7, 11) is 5.30. The van der Waals surface area contributed by atoms with E-state index in [2.05, 4.69) is 47.4 Å². The number of carbonyl (C=O) groups is 2. The maximum absolute atomic E-state index is 12.2. The third-order valence-electron chi connectivity index (χ3n) is 4.67. The summed E-state index contributed by atoms with van der Waals surface area (Å²) in [5.74, 6) is 1.17. The highest BCUT2D eigenvalue weighted by atomic mass is 79.9. The minimum absolute atomic E-state index is 0.0603. The van der Waals surface area contributed by atoms with E-state index in [0.717, 1.165) is 14.8 Å². The Kier molecular flexibility index (Phi) is 8.18. The molecule has 2 heterocycles. The van der Waals surface area contributed by atoms with Crippen LogP contribution in [0.25, 0.3) is 0 Å². The predicted octanol–water partition coefficient (Wildman–Crippen LogP) is 4.89. The molecular formula is C23H22Br2N6O2. The lowest BCUT2D eigenvalue weighted by molar-refractivity contribution is 0.0989. The Hall–Kier alpha value is -3.24. The molecule has 0 saturated heterocycles. The molecule has 2 aromatic carbocycles. The van der Waals surface area contributed by atoms with Crippen LogP contribution in [-0.4, -0.2) is 38.4 Å². The van der Waals surface area contributed by atoms with Crippen molar-refractivity contribution < 1.29 is 9.59 Å². The number of benzene rings is 2. The number of aromatic nitrogens is 4. The van der Waals surface area contributed by atoms with Crippen molar-refractivity contribution in [2.24, 2.45) is 14.1 Å². The van der Waals surface area contributed by atoms with Crippen molar-refractivity contribution in [2.45, 2.75) is 0 Å². The van der Waals surface area contributed by atoms with Gasteiger partial charge in [0.05, 0.1) is 21.3 Å². The van der Waals surface area contributed by atoms with Gasteiger partial charge in [-0.15, -0.1) is 0 Å². The van der Waals surface area contributed by atoms with Gasteiger partial charge in [0.15, 0.2) is 0 Å². The van der Waals surface area contributed by atoms with Gasteiger partial charge >= 0.3 is 0 Å². The van der Waals surface area contributed by atoms with Crippen LogP contribution in [0.2, 0.25) is 0 Å². The number of hydrogen-bond acceptors (Lipinski definition) is 4. The van der Waals surface area contributed by atoms with Crippen molar-refractivity contribution in [3.05, 3.63) is 93.1 Å². The van der Waals surface area contributed by atoms with Crippen LogP contribution in [0.1, 0.15) is 20.7 Å².